The molecule has 0 unspecified atom stereocenters. The van der Waals surface area contributed by atoms with E-state index < -0.39 is 5.91 Å². The van der Waals surface area contributed by atoms with Crippen molar-refractivity contribution in [3.63, 3.8) is 0 Å². The van der Waals surface area contributed by atoms with Gasteiger partial charge in [-0.3, -0.25) is 4.79 Å². The summed E-state index contributed by atoms with van der Waals surface area (Å²) >= 11 is 0. The van der Waals surface area contributed by atoms with Crippen molar-refractivity contribution in [3.05, 3.63) is 107 Å². The molecule has 0 atom stereocenters. The minimum atomic E-state index is -0.447. The molecule has 1 N–H and O–H groups in total. The Balaban J connectivity index is 1.54. The molecule has 0 aliphatic carbocycles. The molecule has 37 heavy (non-hydrogen) atoms. The number of aromatic nitrogens is 1. The Labute approximate surface area is 217 Å². The lowest BCUT2D eigenvalue weighted by atomic mass is 10.1. The number of carbonyl (C=O) groups is 1. The number of hydrogen-bond acceptors (Lipinski definition) is 4. The van der Waals surface area contributed by atoms with Gasteiger partial charge in [0.25, 0.3) is 5.91 Å². The zero-order chi connectivity index (χ0) is 26.4. The molecule has 0 aliphatic rings. The first-order valence-corrected chi connectivity index (χ1v) is 11.9. The molecule has 4 aromatic rings. The molecule has 0 saturated heterocycles. The standard InChI is InChI=1S/C31H29N3O3/c1-21-16-26(22(2)34(21)28-13-10-24(11-14-28)23-8-6-5-7-9-23)17-27(19-32)31(35)33-20-25-12-15-29(36-3)18-30(25)37-4/h5-18H,20H2,1-4H3,(H,33,35)/b27-17+. The number of hydrogen-bond donors (Lipinski definition) is 1. The van der Waals surface area contributed by atoms with E-state index >= 15 is 0 Å². The van der Waals surface area contributed by atoms with E-state index in [2.05, 4.69) is 46.3 Å². The number of methoxy groups -OCH3 is 2. The van der Waals surface area contributed by atoms with Crippen LogP contribution in [-0.4, -0.2) is 24.7 Å². The quantitative estimate of drug-likeness (QED) is 0.242. The van der Waals surface area contributed by atoms with Gasteiger partial charge in [0.1, 0.15) is 23.1 Å². The summed E-state index contributed by atoms with van der Waals surface area (Å²) in [4.78, 5) is 12.8. The van der Waals surface area contributed by atoms with Crippen molar-refractivity contribution in [2.24, 2.45) is 0 Å². The van der Waals surface area contributed by atoms with Gasteiger partial charge in [-0.2, -0.15) is 5.26 Å². The first-order valence-electron chi connectivity index (χ1n) is 11.9. The Hall–Kier alpha value is -4.76. The molecule has 0 fully saturated rings. The Morgan fingerprint density at radius 3 is 2.30 bits per heavy atom. The topological polar surface area (TPSA) is 76.3 Å². The number of nitriles is 1. The predicted octanol–water partition coefficient (Wildman–Crippen LogP) is 6.00. The van der Waals surface area contributed by atoms with Gasteiger partial charge in [0.15, 0.2) is 0 Å². The van der Waals surface area contributed by atoms with Crippen LogP contribution < -0.4 is 14.8 Å². The predicted molar refractivity (Wildman–Crippen MR) is 146 cm³/mol. The van der Waals surface area contributed by atoms with E-state index in [0.717, 1.165) is 39.3 Å². The molecule has 0 radical (unpaired) electrons. The van der Waals surface area contributed by atoms with Crippen LogP contribution in [0.25, 0.3) is 22.9 Å². The third-order valence-corrected chi connectivity index (χ3v) is 6.30. The second-order valence-corrected chi connectivity index (χ2v) is 8.61. The average molecular weight is 492 g/mol. The SMILES string of the molecule is COc1ccc(CNC(=O)/C(C#N)=C/c2cc(C)n(-c3ccc(-c4ccccc4)cc3)c2C)c(OC)c1. The van der Waals surface area contributed by atoms with Crippen LogP contribution in [0.3, 0.4) is 0 Å². The molecular weight excluding hydrogens is 462 g/mol. The van der Waals surface area contributed by atoms with E-state index in [-0.39, 0.29) is 12.1 Å². The van der Waals surface area contributed by atoms with Crippen molar-refractivity contribution >= 4 is 12.0 Å². The summed E-state index contributed by atoms with van der Waals surface area (Å²) in [6.07, 6.45) is 1.64. The second-order valence-electron chi connectivity index (χ2n) is 8.61. The van der Waals surface area contributed by atoms with Crippen LogP contribution in [0.5, 0.6) is 11.5 Å². The molecule has 0 aliphatic heterocycles. The summed E-state index contributed by atoms with van der Waals surface area (Å²) in [5.74, 6) is 0.816. The Morgan fingerprint density at radius 1 is 0.946 bits per heavy atom. The summed E-state index contributed by atoms with van der Waals surface area (Å²) < 4.78 is 12.7. The third-order valence-electron chi connectivity index (χ3n) is 6.30. The maximum absolute atomic E-state index is 12.8. The lowest BCUT2D eigenvalue weighted by Crippen LogP contribution is -2.24. The molecule has 3 aromatic carbocycles. The van der Waals surface area contributed by atoms with Crippen LogP contribution in [0.1, 0.15) is 22.5 Å². The number of nitrogens with zero attached hydrogens (tertiary/aromatic N) is 2. The average Bonchev–Trinajstić information content (AvgIpc) is 3.22. The number of amides is 1. The van der Waals surface area contributed by atoms with Crippen LogP contribution in [0, 0.1) is 25.2 Å². The van der Waals surface area contributed by atoms with E-state index in [9.17, 15) is 10.1 Å². The largest absolute Gasteiger partial charge is 0.497 e. The number of rotatable bonds is 8. The Kier molecular flexibility index (Phi) is 7.75. The smallest absolute Gasteiger partial charge is 0.262 e. The molecule has 6 heteroatoms. The van der Waals surface area contributed by atoms with Crippen molar-refractivity contribution in [2.45, 2.75) is 20.4 Å². The number of benzene rings is 3. The zero-order valence-electron chi connectivity index (χ0n) is 21.4. The van der Waals surface area contributed by atoms with Gasteiger partial charge in [-0.25, -0.2) is 0 Å². The fraction of sp³-hybridized carbons (Fsp3) is 0.161. The highest BCUT2D eigenvalue weighted by Gasteiger charge is 2.15. The van der Waals surface area contributed by atoms with Gasteiger partial charge in [0.05, 0.1) is 14.2 Å². The van der Waals surface area contributed by atoms with Crippen LogP contribution in [0.15, 0.2) is 84.4 Å². The van der Waals surface area contributed by atoms with Crippen LogP contribution in [0.2, 0.25) is 0 Å². The molecule has 1 heterocycles. The highest BCUT2D eigenvalue weighted by Crippen LogP contribution is 2.27. The normalized spacial score (nSPS) is 11.1. The van der Waals surface area contributed by atoms with Crippen LogP contribution in [0.4, 0.5) is 0 Å². The van der Waals surface area contributed by atoms with E-state index in [0.29, 0.717) is 11.5 Å². The lowest BCUT2D eigenvalue weighted by Gasteiger charge is -2.11. The highest BCUT2D eigenvalue weighted by molar-refractivity contribution is 6.01. The van der Waals surface area contributed by atoms with Crippen LogP contribution >= 0.6 is 0 Å². The fourth-order valence-electron chi connectivity index (χ4n) is 4.34. The molecule has 4 rings (SSSR count). The van der Waals surface area contributed by atoms with Crippen LogP contribution in [-0.2, 0) is 11.3 Å². The minimum Gasteiger partial charge on any atom is -0.497 e. The zero-order valence-corrected chi connectivity index (χ0v) is 21.4. The number of ether oxygens (including phenoxy) is 2. The van der Waals surface area contributed by atoms with E-state index in [1.165, 1.54) is 0 Å². The van der Waals surface area contributed by atoms with Crippen molar-refractivity contribution in [2.75, 3.05) is 14.2 Å². The van der Waals surface area contributed by atoms with Gasteiger partial charge in [0, 0.05) is 35.2 Å². The lowest BCUT2D eigenvalue weighted by molar-refractivity contribution is -0.117. The molecular formula is C31H29N3O3. The molecule has 1 amide bonds. The van der Waals surface area contributed by atoms with Gasteiger partial charge in [0.2, 0.25) is 0 Å². The Morgan fingerprint density at radius 2 is 1.65 bits per heavy atom. The number of aryl methyl sites for hydroxylation is 1. The van der Waals surface area contributed by atoms with E-state index in [4.69, 9.17) is 9.47 Å². The van der Waals surface area contributed by atoms with Crippen molar-refractivity contribution in [1.29, 1.82) is 5.26 Å². The van der Waals surface area contributed by atoms with Crippen molar-refractivity contribution in [1.82, 2.24) is 9.88 Å². The van der Waals surface area contributed by atoms with Gasteiger partial charge < -0.3 is 19.4 Å². The molecule has 6 nitrogen and oxygen atoms in total. The number of carbonyl (C=O) groups excluding carboxylic acids is 1. The molecule has 0 spiro atoms. The van der Waals surface area contributed by atoms with E-state index in [1.807, 2.05) is 50.2 Å². The van der Waals surface area contributed by atoms with Gasteiger partial charge >= 0.3 is 0 Å². The molecule has 0 saturated carbocycles. The number of nitrogens with one attached hydrogen (secondary N) is 1. The minimum absolute atomic E-state index is 0.0344. The summed E-state index contributed by atoms with van der Waals surface area (Å²) in [5.41, 5.74) is 6.92. The van der Waals surface area contributed by atoms with Gasteiger partial charge in [-0.05, 0) is 66.9 Å². The third kappa shape index (κ3) is 5.57. The molecule has 186 valence electrons. The molecule has 0 bridgehead atoms. The maximum atomic E-state index is 12.8. The van der Waals surface area contributed by atoms with Gasteiger partial charge in [-0.15, -0.1) is 0 Å². The maximum Gasteiger partial charge on any atom is 0.262 e. The summed E-state index contributed by atoms with van der Waals surface area (Å²) in [6.45, 7) is 4.22. The van der Waals surface area contributed by atoms with E-state index in [1.54, 1.807) is 32.4 Å². The Bertz CT molecular complexity index is 1480. The van der Waals surface area contributed by atoms with Gasteiger partial charge in [-0.1, -0.05) is 42.5 Å². The summed E-state index contributed by atoms with van der Waals surface area (Å²) in [7, 11) is 3.14. The summed E-state index contributed by atoms with van der Waals surface area (Å²) in [6, 6.07) is 28.0. The fourth-order valence-corrected chi connectivity index (χ4v) is 4.34. The summed E-state index contributed by atoms with van der Waals surface area (Å²) in [5, 5.41) is 12.5. The van der Waals surface area contributed by atoms with Crippen molar-refractivity contribution < 1.29 is 14.3 Å². The highest BCUT2D eigenvalue weighted by atomic mass is 16.5. The monoisotopic (exact) mass is 491 g/mol. The molecule has 1 aromatic heterocycles. The first-order chi connectivity index (χ1) is 17.9. The second kappa shape index (κ2) is 11.3. The van der Waals surface area contributed by atoms with Crippen molar-refractivity contribution in [3.8, 4) is 34.4 Å². The first kappa shape index (κ1) is 25.3.